The highest BCUT2D eigenvalue weighted by molar-refractivity contribution is 5.81. The highest BCUT2D eigenvalue weighted by atomic mass is 16.5. The molecule has 2 aromatic heterocycles. The predicted molar refractivity (Wildman–Crippen MR) is 61.4 cm³/mol. The summed E-state index contributed by atoms with van der Waals surface area (Å²) in [6.45, 7) is 0.0735. The van der Waals surface area contributed by atoms with E-state index in [0.29, 0.717) is 22.8 Å². The van der Waals surface area contributed by atoms with E-state index in [1.54, 1.807) is 0 Å². The molecule has 0 amide bonds. The van der Waals surface area contributed by atoms with Crippen LogP contribution in [0.1, 0.15) is 18.3 Å². The highest BCUT2D eigenvalue weighted by Gasteiger charge is 2.31. The van der Waals surface area contributed by atoms with E-state index < -0.39 is 18.3 Å². The first kappa shape index (κ1) is 11.3. The molecule has 1 aliphatic heterocycles. The van der Waals surface area contributed by atoms with Crippen LogP contribution in [0.15, 0.2) is 6.33 Å². The Morgan fingerprint density at radius 2 is 2.17 bits per heavy atom. The van der Waals surface area contributed by atoms with Gasteiger partial charge in [0.2, 0.25) is 0 Å². The van der Waals surface area contributed by atoms with Crippen molar-refractivity contribution in [2.45, 2.75) is 24.7 Å². The number of nitrogens with zero attached hydrogens (tertiary/aromatic N) is 3. The zero-order valence-corrected chi connectivity index (χ0v) is 9.45. The number of aliphatic hydroxyl groups is 2. The average Bonchev–Trinajstić information content (AvgIpc) is 2.78. The Hall–Kier alpha value is -1.77. The molecule has 0 aromatic carbocycles. The van der Waals surface area contributed by atoms with Crippen molar-refractivity contribution in [3.05, 3.63) is 12.2 Å². The van der Waals surface area contributed by atoms with Crippen LogP contribution in [0.4, 0.5) is 5.82 Å². The van der Waals surface area contributed by atoms with Gasteiger partial charge in [0, 0.05) is 6.42 Å². The van der Waals surface area contributed by atoms with Crippen LogP contribution >= 0.6 is 0 Å². The van der Waals surface area contributed by atoms with Crippen molar-refractivity contribution in [3.8, 4) is 0 Å². The second-order valence-corrected chi connectivity index (χ2v) is 4.27. The fourth-order valence-electron chi connectivity index (χ4n) is 1.98. The standard InChI is InChI=1S/C10H13N5O3/c11-8-7-10(13-3-12-8)15-9(14-7)6-1-4(16)5(17)2-18-6/h3-6,16-17H,1-2H2,(H3,11,12,13,14,15)/t4-,5+,6+/m0/s1. The van der Waals surface area contributed by atoms with Crippen LogP contribution in [0.2, 0.25) is 0 Å². The molecule has 1 saturated heterocycles. The molecule has 18 heavy (non-hydrogen) atoms. The first-order chi connectivity index (χ1) is 8.65. The molecule has 1 fully saturated rings. The molecule has 0 radical (unpaired) electrons. The summed E-state index contributed by atoms with van der Waals surface area (Å²) in [6.07, 6.45) is -0.468. The van der Waals surface area contributed by atoms with E-state index in [9.17, 15) is 10.2 Å². The lowest BCUT2D eigenvalue weighted by Gasteiger charge is -2.29. The summed E-state index contributed by atoms with van der Waals surface area (Å²) >= 11 is 0. The lowest BCUT2D eigenvalue weighted by molar-refractivity contribution is -0.124. The quantitative estimate of drug-likeness (QED) is 0.517. The number of nitrogens with two attached hydrogens (primary N) is 1. The van der Waals surface area contributed by atoms with Gasteiger partial charge in [-0.3, -0.25) is 0 Å². The van der Waals surface area contributed by atoms with Crippen molar-refractivity contribution in [1.82, 2.24) is 19.9 Å². The number of ether oxygens (including phenoxy) is 1. The molecule has 2 aromatic rings. The summed E-state index contributed by atoms with van der Waals surface area (Å²) in [5.41, 5.74) is 6.71. The van der Waals surface area contributed by atoms with Crippen molar-refractivity contribution in [2.75, 3.05) is 12.3 Å². The van der Waals surface area contributed by atoms with Crippen LogP contribution < -0.4 is 5.73 Å². The van der Waals surface area contributed by atoms with Gasteiger partial charge < -0.3 is 25.7 Å². The first-order valence-corrected chi connectivity index (χ1v) is 5.59. The molecule has 0 spiro atoms. The normalized spacial score (nSPS) is 28.7. The molecule has 5 N–H and O–H groups in total. The number of fused-ring (bicyclic) bond motifs is 1. The molecule has 0 bridgehead atoms. The zero-order chi connectivity index (χ0) is 12.7. The van der Waals surface area contributed by atoms with E-state index in [-0.39, 0.29) is 13.0 Å². The van der Waals surface area contributed by atoms with Crippen LogP contribution in [0.5, 0.6) is 0 Å². The van der Waals surface area contributed by atoms with Gasteiger partial charge in [0.25, 0.3) is 0 Å². The second kappa shape index (κ2) is 4.16. The van der Waals surface area contributed by atoms with Gasteiger partial charge in [-0.15, -0.1) is 0 Å². The third kappa shape index (κ3) is 1.80. The van der Waals surface area contributed by atoms with Crippen LogP contribution in [0.25, 0.3) is 11.2 Å². The molecule has 8 heteroatoms. The van der Waals surface area contributed by atoms with E-state index in [1.165, 1.54) is 6.33 Å². The van der Waals surface area contributed by atoms with Crippen molar-refractivity contribution in [2.24, 2.45) is 0 Å². The molecule has 1 aliphatic rings. The second-order valence-electron chi connectivity index (χ2n) is 4.27. The Labute approximate surface area is 102 Å². The smallest absolute Gasteiger partial charge is 0.183 e. The Morgan fingerprint density at radius 1 is 1.33 bits per heavy atom. The number of imidazole rings is 1. The molecule has 0 unspecified atom stereocenters. The highest BCUT2D eigenvalue weighted by Crippen LogP contribution is 2.28. The maximum atomic E-state index is 9.61. The van der Waals surface area contributed by atoms with Crippen LogP contribution in [-0.4, -0.2) is 49.0 Å². The molecular weight excluding hydrogens is 238 g/mol. The van der Waals surface area contributed by atoms with Gasteiger partial charge in [-0.25, -0.2) is 15.0 Å². The van der Waals surface area contributed by atoms with Crippen molar-refractivity contribution >= 4 is 17.0 Å². The number of rotatable bonds is 1. The maximum absolute atomic E-state index is 9.61. The summed E-state index contributed by atoms with van der Waals surface area (Å²) < 4.78 is 5.42. The Kier molecular flexibility index (Phi) is 2.62. The monoisotopic (exact) mass is 251 g/mol. The van der Waals surface area contributed by atoms with Crippen molar-refractivity contribution in [1.29, 1.82) is 0 Å². The number of H-pyrrole nitrogens is 1. The Bertz CT molecular complexity index is 572. The minimum Gasteiger partial charge on any atom is -0.390 e. The van der Waals surface area contributed by atoms with Gasteiger partial charge in [0.1, 0.15) is 29.9 Å². The number of hydrogen-bond acceptors (Lipinski definition) is 7. The van der Waals surface area contributed by atoms with E-state index in [2.05, 4.69) is 19.9 Å². The third-order valence-corrected chi connectivity index (χ3v) is 3.01. The number of nitrogens with one attached hydrogen (secondary N) is 1. The third-order valence-electron chi connectivity index (χ3n) is 3.01. The van der Waals surface area contributed by atoms with E-state index in [4.69, 9.17) is 10.5 Å². The number of anilines is 1. The maximum Gasteiger partial charge on any atom is 0.183 e. The van der Waals surface area contributed by atoms with Crippen LogP contribution in [-0.2, 0) is 4.74 Å². The summed E-state index contributed by atoms with van der Waals surface area (Å²) in [5, 5.41) is 19.0. The Balaban J connectivity index is 1.93. The van der Waals surface area contributed by atoms with E-state index in [1.807, 2.05) is 0 Å². The first-order valence-electron chi connectivity index (χ1n) is 5.59. The average molecular weight is 251 g/mol. The summed E-state index contributed by atoms with van der Waals surface area (Å²) in [7, 11) is 0. The number of aromatic amines is 1. The molecule has 0 aliphatic carbocycles. The van der Waals surface area contributed by atoms with Gasteiger partial charge >= 0.3 is 0 Å². The largest absolute Gasteiger partial charge is 0.390 e. The fourth-order valence-corrected chi connectivity index (χ4v) is 1.98. The lowest BCUT2D eigenvalue weighted by Crippen LogP contribution is -2.38. The van der Waals surface area contributed by atoms with Crippen LogP contribution in [0.3, 0.4) is 0 Å². The van der Waals surface area contributed by atoms with Gasteiger partial charge in [0.05, 0.1) is 12.7 Å². The van der Waals surface area contributed by atoms with Gasteiger partial charge in [-0.05, 0) is 0 Å². The van der Waals surface area contributed by atoms with Gasteiger partial charge in [-0.1, -0.05) is 0 Å². The molecule has 0 saturated carbocycles. The van der Waals surface area contributed by atoms with Gasteiger partial charge in [0.15, 0.2) is 11.5 Å². The number of aromatic nitrogens is 4. The van der Waals surface area contributed by atoms with Crippen LogP contribution in [0, 0.1) is 0 Å². The van der Waals surface area contributed by atoms with Gasteiger partial charge in [-0.2, -0.15) is 0 Å². The van der Waals surface area contributed by atoms with Crippen molar-refractivity contribution in [3.63, 3.8) is 0 Å². The molecular formula is C10H13N5O3. The number of aliphatic hydroxyl groups excluding tert-OH is 2. The minimum absolute atomic E-state index is 0.0735. The van der Waals surface area contributed by atoms with E-state index >= 15 is 0 Å². The molecule has 3 atom stereocenters. The number of hydrogen-bond donors (Lipinski definition) is 4. The number of nitrogen functional groups attached to an aromatic ring is 1. The predicted octanol–water partition coefficient (Wildman–Crippen LogP) is -0.882. The fraction of sp³-hybridized carbons (Fsp3) is 0.500. The molecule has 3 rings (SSSR count). The Morgan fingerprint density at radius 3 is 2.89 bits per heavy atom. The van der Waals surface area contributed by atoms with Crippen molar-refractivity contribution < 1.29 is 14.9 Å². The lowest BCUT2D eigenvalue weighted by atomic mass is 10.0. The molecule has 3 heterocycles. The molecule has 96 valence electrons. The summed E-state index contributed by atoms with van der Waals surface area (Å²) in [5.74, 6) is 0.846. The zero-order valence-electron chi connectivity index (χ0n) is 9.45. The topological polar surface area (TPSA) is 130 Å². The summed E-state index contributed by atoms with van der Waals surface area (Å²) in [6, 6.07) is 0. The van der Waals surface area contributed by atoms with E-state index in [0.717, 1.165) is 0 Å². The SMILES string of the molecule is Nc1ncnc2nc([C@H]3C[C@H](O)[C@H](O)CO3)[nH]c12. The summed E-state index contributed by atoms with van der Waals surface area (Å²) in [4.78, 5) is 15.1. The minimum atomic E-state index is -0.851. The molecule has 8 nitrogen and oxygen atoms in total.